The van der Waals surface area contributed by atoms with Crippen LogP contribution in [0.15, 0.2) is 60.8 Å². The fourth-order valence-corrected chi connectivity index (χ4v) is 6.46. The van der Waals surface area contributed by atoms with Gasteiger partial charge in [-0.2, -0.15) is 0 Å². The summed E-state index contributed by atoms with van der Waals surface area (Å²) >= 11 is 0. The summed E-state index contributed by atoms with van der Waals surface area (Å²) in [6, 6.07) is 18.6. The molecule has 2 fully saturated rings. The highest BCUT2D eigenvalue weighted by molar-refractivity contribution is 5.95. The first-order valence-electron chi connectivity index (χ1n) is 14.7. The van der Waals surface area contributed by atoms with E-state index in [9.17, 15) is 9.90 Å². The van der Waals surface area contributed by atoms with E-state index < -0.39 is 0 Å². The lowest BCUT2D eigenvalue weighted by Gasteiger charge is -2.36. The number of hydrogen-bond acceptors (Lipinski definition) is 5. The summed E-state index contributed by atoms with van der Waals surface area (Å²) in [5.41, 5.74) is 5.34. The molecule has 0 unspecified atom stereocenters. The molecule has 0 spiro atoms. The number of pyridine rings is 1. The first-order valence-corrected chi connectivity index (χ1v) is 14.7. The van der Waals surface area contributed by atoms with E-state index in [1.807, 2.05) is 35.2 Å². The molecule has 5 rings (SSSR count). The summed E-state index contributed by atoms with van der Waals surface area (Å²) < 4.78 is 10.7. The number of ether oxygens (including phenoxy) is 2. The maximum atomic E-state index is 14.0. The van der Waals surface area contributed by atoms with Crippen LogP contribution < -0.4 is 14.4 Å². The van der Waals surface area contributed by atoms with Crippen molar-refractivity contribution in [3.63, 3.8) is 0 Å². The van der Waals surface area contributed by atoms with Crippen molar-refractivity contribution in [1.82, 2.24) is 4.98 Å². The van der Waals surface area contributed by atoms with Crippen molar-refractivity contribution < 1.29 is 19.4 Å². The minimum Gasteiger partial charge on any atom is -0.496 e. The fraction of sp³-hybridized carbons (Fsp3) is 0.471. The highest BCUT2D eigenvalue weighted by atomic mass is 16.5. The first kappa shape index (κ1) is 28.2. The average Bonchev–Trinajstić information content (AvgIpc) is 3.00. The summed E-state index contributed by atoms with van der Waals surface area (Å²) in [6.45, 7) is 2.84. The molecule has 0 aliphatic heterocycles. The van der Waals surface area contributed by atoms with Gasteiger partial charge in [-0.05, 0) is 112 Å². The Hall–Kier alpha value is -3.38. The number of methoxy groups -OCH3 is 2. The molecule has 212 valence electrons. The minimum atomic E-state index is -0.279. The fourth-order valence-electron chi connectivity index (χ4n) is 6.46. The van der Waals surface area contributed by atoms with Gasteiger partial charge in [-0.15, -0.1) is 0 Å². The van der Waals surface area contributed by atoms with E-state index in [4.69, 9.17) is 9.47 Å². The van der Waals surface area contributed by atoms with Crippen LogP contribution in [0.1, 0.15) is 68.4 Å². The van der Waals surface area contributed by atoms with Gasteiger partial charge < -0.3 is 19.5 Å². The summed E-state index contributed by atoms with van der Waals surface area (Å²) in [5, 5.41) is 10.0. The van der Waals surface area contributed by atoms with Gasteiger partial charge in [0.25, 0.3) is 0 Å². The molecule has 2 saturated carbocycles. The SMILES string of the molecule is COc1ccc(-c2cccc(N(C[C@H]3CC[C@H](c4ccc(OC)c(C)c4)CC3)C(=O)[C@H]3CC[C@H](O)CC3)c2)nc1. The van der Waals surface area contributed by atoms with Crippen molar-refractivity contribution in [1.29, 1.82) is 0 Å². The molecular formula is C34H42N2O4. The summed E-state index contributed by atoms with van der Waals surface area (Å²) in [4.78, 5) is 20.6. The van der Waals surface area contributed by atoms with Gasteiger partial charge in [0.1, 0.15) is 11.5 Å². The molecule has 2 aliphatic carbocycles. The largest absolute Gasteiger partial charge is 0.496 e. The number of nitrogens with zero attached hydrogens (tertiary/aromatic N) is 2. The molecular weight excluding hydrogens is 500 g/mol. The van der Waals surface area contributed by atoms with Crippen molar-refractivity contribution in [3.8, 4) is 22.8 Å². The van der Waals surface area contributed by atoms with Crippen LogP contribution in [-0.4, -0.2) is 42.9 Å². The molecule has 1 amide bonds. The Bertz CT molecular complexity index is 1280. The van der Waals surface area contributed by atoms with Gasteiger partial charge in [0.05, 0.1) is 32.2 Å². The third-order valence-corrected chi connectivity index (χ3v) is 8.92. The number of carbonyl (C=O) groups is 1. The Balaban J connectivity index is 1.33. The molecule has 2 aliphatic rings. The molecule has 1 aromatic heterocycles. The standard InChI is InChI=1S/C34H42N2O4/c1-23-19-27(13-18-33(23)40-3)25-9-7-24(8-10-25)22-36(34(38)26-11-14-30(37)15-12-26)29-6-4-5-28(20-29)32-17-16-31(39-2)21-35-32/h4-6,13,16-21,24-26,30,37H,7-12,14-15,22H2,1-3H3/t24-,25-,26-,30-. The monoisotopic (exact) mass is 542 g/mol. The number of anilines is 1. The van der Waals surface area contributed by atoms with E-state index in [2.05, 4.69) is 36.2 Å². The van der Waals surface area contributed by atoms with Crippen LogP contribution in [0, 0.1) is 18.8 Å². The predicted octanol–water partition coefficient (Wildman–Crippen LogP) is 6.93. The minimum absolute atomic E-state index is 0.0372. The van der Waals surface area contributed by atoms with Gasteiger partial charge in [-0.25, -0.2) is 0 Å². The van der Waals surface area contributed by atoms with Crippen molar-refractivity contribution >= 4 is 11.6 Å². The zero-order valence-corrected chi connectivity index (χ0v) is 24.0. The molecule has 0 bridgehead atoms. The second-order valence-electron chi connectivity index (χ2n) is 11.5. The van der Waals surface area contributed by atoms with Crippen LogP contribution in [0.4, 0.5) is 5.69 Å². The van der Waals surface area contributed by atoms with Gasteiger partial charge in [-0.1, -0.05) is 24.3 Å². The first-order chi connectivity index (χ1) is 19.4. The molecule has 6 heteroatoms. The van der Waals surface area contributed by atoms with Gasteiger partial charge in [0, 0.05) is 23.7 Å². The number of aryl methyl sites for hydroxylation is 1. The number of amides is 1. The summed E-state index contributed by atoms with van der Waals surface area (Å²) in [7, 11) is 3.36. The number of aromatic nitrogens is 1. The molecule has 0 atom stereocenters. The van der Waals surface area contributed by atoms with E-state index in [0.29, 0.717) is 24.7 Å². The number of rotatable bonds is 8. The third-order valence-electron chi connectivity index (χ3n) is 8.92. The Kier molecular flexibility index (Phi) is 9.05. The number of benzene rings is 2. The van der Waals surface area contributed by atoms with Crippen LogP contribution in [0.25, 0.3) is 11.3 Å². The van der Waals surface area contributed by atoms with Crippen LogP contribution >= 0.6 is 0 Å². The Morgan fingerprint density at radius 3 is 2.35 bits per heavy atom. The van der Waals surface area contributed by atoms with Crippen molar-refractivity contribution in [2.24, 2.45) is 11.8 Å². The van der Waals surface area contributed by atoms with Crippen molar-refractivity contribution in [2.45, 2.75) is 70.3 Å². The molecule has 0 radical (unpaired) electrons. The highest BCUT2D eigenvalue weighted by Crippen LogP contribution is 2.39. The maximum Gasteiger partial charge on any atom is 0.230 e. The lowest BCUT2D eigenvalue weighted by molar-refractivity contribution is -0.124. The average molecular weight is 543 g/mol. The topological polar surface area (TPSA) is 71.9 Å². The zero-order chi connectivity index (χ0) is 28.1. The Morgan fingerprint density at radius 1 is 0.925 bits per heavy atom. The van der Waals surface area contributed by atoms with E-state index in [0.717, 1.165) is 73.5 Å². The molecule has 1 N–H and O–H groups in total. The molecule has 3 aromatic rings. The normalized spacial score (nSPS) is 22.9. The number of carbonyl (C=O) groups excluding carboxylic acids is 1. The lowest BCUT2D eigenvalue weighted by Crippen LogP contribution is -2.41. The second-order valence-corrected chi connectivity index (χ2v) is 11.5. The number of hydrogen-bond donors (Lipinski definition) is 1. The Labute approximate surface area is 238 Å². The van der Waals surface area contributed by atoms with Gasteiger partial charge in [0.15, 0.2) is 0 Å². The predicted molar refractivity (Wildman–Crippen MR) is 159 cm³/mol. The van der Waals surface area contributed by atoms with Crippen LogP contribution in [0.5, 0.6) is 11.5 Å². The molecule has 1 heterocycles. The quantitative estimate of drug-likeness (QED) is 0.334. The molecule has 2 aromatic carbocycles. The van der Waals surface area contributed by atoms with Gasteiger partial charge in [0.2, 0.25) is 5.91 Å². The molecule has 40 heavy (non-hydrogen) atoms. The van der Waals surface area contributed by atoms with E-state index in [1.54, 1.807) is 20.4 Å². The van der Waals surface area contributed by atoms with E-state index in [1.165, 1.54) is 11.1 Å². The second kappa shape index (κ2) is 12.9. The summed E-state index contributed by atoms with van der Waals surface area (Å²) in [5.74, 6) is 2.82. The smallest absolute Gasteiger partial charge is 0.230 e. The molecule has 0 saturated heterocycles. The van der Waals surface area contributed by atoms with Crippen LogP contribution in [0.2, 0.25) is 0 Å². The maximum absolute atomic E-state index is 14.0. The van der Waals surface area contributed by atoms with E-state index in [-0.39, 0.29) is 17.9 Å². The zero-order valence-electron chi connectivity index (χ0n) is 24.0. The van der Waals surface area contributed by atoms with Crippen molar-refractivity contribution in [3.05, 3.63) is 71.9 Å². The Morgan fingerprint density at radius 2 is 1.70 bits per heavy atom. The van der Waals surface area contributed by atoms with Crippen LogP contribution in [0.3, 0.4) is 0 Å². The highest BCUT2D eigenvalue weighted by Gasteiger charge is 2.32. The van der Waals surface area contributed by atoms with Crippen molar-refractivity contribution in [2.75, 3.05) is 25.7 Å². The number of aliphatic hydroxyl groups excluding tert-OH is 1. The lowest BCUT2D eigenvalue weighted by atomic mass is 9.78. The van der Waals surface area contributed by atoms with Gasteiger partial charge in [-0.3, -0.25) is 9.78 Å². The van der Waals surface area contributed by atoms with E-state index >= 15 is 0 Å². The van der Waals surface area contributed by atoms with Crippen LogP contribution in [-0.2, 0) is 4.79 Å². The summed E-state index contributed by atoms with van der Waals surface area (Å²) in [6.07, 6.45) is 8.80. The number of aliphatic hydroxyl groups is 1. The third kappa shape index (κ3) is 6.49. The molecule has 6 nitrogen and oxygen atoms in total. The van der Waals surface area contributed by atoms with Gasteiger partial charge >= 0.3 is 0 Å².